The molecule has 2 fully saturated rings. The third kappa shape index (κ3) is 2.19. The topological polar surface area (TPSA) is 29.5 Å². The average molecular weight is 246 g/mol. The van der Waals surface area contributed by atoms with Gasteiger partial charge in [0.2, 0.25) is 0 Å². The highest BCUT2D eigenvalue weighted by atomic mass is 16.5. The van der Waals surface area contributed by atoms with Gasteiger partial charge in [0.05, 0.1) is 17.8 Å². The molecular weight excluding hydrogens is 224 g/mol. The van der Waals surface area contributed by atoms with E-state index >= 15 is 0 Å². The molecule has 0 aromatic heterocycles. The highest BCUT2D eigenvalue weighted by Crippen LogP contribution is 2.40. The van der Waals surface area contributed by atoms with Gasteiger partial charge in [-0.2, -0.15) is 0 Å². The minimum absolute atomic E-state index is 0.291. The van der Waals surface area contributed by atoms with Gasteiger partial charge in [-0.1, -0.05) is 18.2 Å². The zero-order valence-electron chi connectivity index (χ0n) is 11.3. The molecule has 0 aliphatic carbocycles. The zero-order valence-corrected chi connectivity index (χ0v) is 11.3. The fraction of sp³-hybridized carbons (Fsp3) is 0.625. The van der Waals surface area contributed by atoms with E-state index in [1.165, 1.54) is 16.7 Å². The number of hydrogen-bond donors (Lipinski definition) is 1. The average Bonchev–Trinajstić information content (AvgIpc) is 2.65. The minimum atomic E-state index is -0.553. The van der Waals surface area contributed by atoms with Crippen LogP contribution in [0.3, 0.4) is 0 Å². The largest absolute Gasteiger partial charge is 0.389 e. The molecule has 2 bridgehead atoms. The quantitative estimate of drug-likeness (QED) is 0.869. The number of aryl methyl sites for hydroxylation is 1. The molecule has 0 saturated carbocycles. The number of benzene rings is 1. The van der Waals surface area contributed by atoms with Gasteiger partial charge in [0.15, 0.2) is 0 Å². The summed E-state index contributed by atoms with van der Waals surface area (Å²) in [7, 11) is 0. The van der Waals surface area contributed by atoms with Crippen LogP contribution in [0.2, 0.25) is 0 Å². The van der Waals surface area contributed by atoms with Gasteiger partial charge in [0.1, 0.15) is 0 Å². The summed E-state index contributed by atoms with van der Waals surface area (Å²) in [5.41, 5.74) is 3.37. The van der Waals surface area contributed by atoms with Crippen LogP contribution < -0.4 is 0 Å². The smallest absolute Gasteiger partial charge is 0.0737 e. The van der Waals surface area contributed by atoms with Gasteiger partial charge < -0.3 is 9.84 Å². The molecule has 1 N–H and O–H groups in total. The highest BCUT2D eigenvalue weighted by Gasteiger charge is 2.43. The lowest BCUT2D eigenvalue weighted by atomic mass is 9.83. The summed E-state index contributed by atoms with van der Waals surface area (Å²) in [6.07, 6.45) is 5.21. The Morgan fingerprint density at radius 2 is 1.89 bits per heavy atom. The van der Waals surface area contributed by atoms with Crippen LogP contribution in [0.4, 0.5) is 0 Å². The van der Waals surface area contributed by atoms with E-state index in [0.29, 0.717) is 12.2 Å². The van der Waals surface area contributed by atoms with E-state index in [2.05, 4.69) is 32.0 Å². The summed E-state index contributed by atoms with van der Waals surface area (Å²) in [5, 5.41) is 10.8. The first-order valence-electron chi connectivity index (χ1n) is 6.99. The standard InChI is InChI=1S/C16H22O2/c1-11-4-3-5-13(12(11)2)8-16(17)9-14-6-7-15(10-16)18-14/h3-5,14-15,17H,6-10H2,1-2H3. The van der Waals surface area contributed by atoms with Crippen LogP contribution in [0.25, 0.3) is 0 Å². The maximum absolute atomic E-state index is 10.8. The molecule has 1 aromatic rings. The Labute approximate surface area is 109 Å². The van der Waals surface area contributed by atoms with Crippen molar-refractivity contribution in [2.45, 2.75) is 63.8 Å². The summed E-state index contributed by atoms with van der Waals surface area (Å²) >= 11 is 0. The lowest BCUT2D eigenvalue weighted by Gasteiger charge is -2.37. The summed E-state index contributed by atoms with van der Waals surface area (Å²) in [5.74, 6) is 0. The van der Waals surface area contributed by atoms with Gasteiger partial charge in [0, 0.05) is 19.3 Å². The van der Waals surface area contributed by atoms with Gasteiger partial charge in [-0.3, -0.25) is 0 Å². The molecule has 1 aromatic carbocycles. The molecule has 98 valence electrons. The van der Waals surface area contributed by atoms with Crippen molar-refractivity contribution in [1.29, 1.82) is 0 Å². The predicted molar refractivity (Wildman–Crippen MR) is 71.7 cm³/mol. The molecule has 0 spiro atoms. The summed E-state index contributed by atoms with van der Waals surface area (Å²) in [6, 6.07) is 6.38. The van der Waals surface area contributed by atoms with Crippen LogP contribution in [0.1, 0.15) is 42.4 Å². The van der Waals surface area contributed by atoms with Crippen molar-refractivity contribution in [3.63, 3.8) is 0 Å². The van der Waals surface area contributed by atoms with Crippen molar-refractivity contribution in [3.8, 4) is 0 Å². The van der Waals surface area contributed by atoms with Crippen LogP contribution in [0.15, 0.2) is 18.2 Å². The first-order chi connectivity index (χ1) is 8.56. The first-order valence-corrected chi connectivity index (χ1v) is 6.99. The van der Waals surface area contributed by atoms with Gasteiger partial charge in [0.25, 0.3) is 0 Å². The van der Waals surface area contributed by atoms with Crippen LogP contribution >= 0.6 is 0 Å². The molecule has 2 nitrogen and oxygen atoms in total. The Bertz CT molecular complexity index is 440. The number of fused-ring (bicyclic) bond motifs is 2. The van der Waals surface area contributed by atoms with Gasteiger partial charge in [-0.25, -0.2) is 0 Å². The van der Waals surface area contributed by atoms with Crippen molar-refractivity contribution in [1.82, 2.24) is 0 Å². The minimum Gasteiger partial charge on any atom is -0.389 e. The molecule has 2 aliphatic heterocycles. The summed E-state index contributed by atoms with van der Waals surface area (Å²) < 4.78 is 5.82. The molecule has 2 saturated heterocycles. The highest BCUT2D eigenvalue weighted by molar-refractivity contribution is 5.34. The van der Waals surface area contributed by atoms with Crippen molar-refractivity contribution < 1.29 is 9.84 Å². The van der Waals surface area contributed by atoms with Crippen molar-refractivity contribution >= 4 is 0 Å². The fourth-order valence-electron chi connectivity index (χ4n) is 3.51. The van der Waals surface area contributed by atoms with Crippen LogP contribution in [0.5, 0.6) is 0 Å². The third-order valence-electron chi connectivity index (χ3n) is 4.65. The number of ether oxygens (including phenoxy) is 1. The lowest BCUT2D eigenvalue weighted by Crippen LogP contribution is -2.42. The first kappa shape index (κ1) is 12.2. The van der Waals surface area contributed by atoms with Crippen LogP contribution in [0, 0.1) is 13.8 Å². The van der Waals surface area contributed by atoms with Crippen LogP contribution in [-0.4, -0.2) is 22.9 Å². The van der Waals surface area contributed by atoms with Crippen molar-refractivity contribution in [3.05, 3.63) is 34.9 Å². The van der Waals surface area contributed by atoms with E-state index in [1.54, 1.807) is 0 Å². The SMILES string of the molecule is Cc1cccc(CC2(O)CC3CCC(C2)O3)c1C. The van der Waals surface area contributed by atoms with E-state index in [1.807, 2.05) is 0 Å². The number of aliphatic hydroxyl groups is 1. The molecule has 18 heavy (non-hydrogen) atoms. The van der Waals surface area contributed by atoms with E-state index in [-0.39, 0.29) is 0 Å². The van der Waals surface area contributed by atoms with Gasteiger partial charge >= 0.3 is 0 Å². The second-order valence-electron chi connectivity index (χ2n) is 6.13. The molecule has 2 heterocycles. The molecule has 2 unspecified atom stereocenters. The normalized spacial score (nSPS) is 34.8. The summed E-state index contributed by atoms with van der Waals surface area (Å²) in [4.78, 5) is 0. The Morgan fingerprint density at radius 1 is 1.22 bits per heavy atom. The molecular formula is C16H22O2. The Kier molecular flexibility index (Phi) is 2.95. The van der Waals surface area contributed by atoms with Crippen molar-refractivity contribution in [2.75, 3.05) is 0 Å². The second kappa shape index (κ2) is 4.36. The number of rotatable bonds is 2. The van der Waals surface area contributed by atoms with Crippen LogP contribution in [-0.2, 0) is 11.2 Å². The van der Waals surface area contributed by atoms with Crippen molar-refractivity contribution in [2.24, 2.45) is 0 Å². The second-order valence-corrected chi connectivity index (χ2v) is 6.13. The molecule has 2 atom stereocenters. The molecule has 0 radical (unpaired) electrons. The Morgan fingerprint density at radius 3 is 2.56 bits per heavy atom. The van der Waals surface area contributed by atoms with E-state index < -0.39 is 5.60 Å². The summed E-state index contributed by atoms with van der Waals surface area (Å²) in [6.45, 7) is 4.29. The maximum Gasteiger partial charge on any atom is 0.0737 e. The van der Waals surface area contributed by atoms with Gasteiger partial charge in [-0.15, -0.1) is 0 Å². The molecule has 2 heteroatoms. The Balaban J connectivity index is 1.81. The van der Waals surface area contributed by atoms with E-state index in [9.17, 15) is 5.11 Å². The molecule has 2 aliphatic rings. The zero-order chi connectivity index (χ0) is 12.8. The number of hydrogen-bond acceptors (Lipinski definition) is 2. The third-order valence-corrected chi connectivity index (χ3v) is 4.65. The molecule has 3 rings (SSSR count). The maximum atomic E-state index is 10.8. The van der Waals surface area contributed by atoms with E-state index in [4.69, 9.17) is 4.74 Å². The fourth-order valence-corrected chi connectivity index (χ4v) is 3.51. The monoisotopic (exact) mass is 246 g/mol. The molecule has 0 amide bonds. The lowest BCUT2D eigenvalue weighted by molar-refractivity contribution is -0.110. The predicted octanol–water partition coefficient (Wildman–Crippen LogP) is 2.92. The van der Waals surface area contributed by atoms with Gasteiger partial charge in [-0.05, 0) is 43.4 Å². The Hall–Kier alpha value is -0.860. The van der Waals surface area contributed by atoms with E-state index in [0.717, 1.165) is 32.1 Å².